The van der Waals surface area contributed by atoms with Crippen LogP contribution in [-0.4, -0.2) is 48.6 Å². The van der Waals surface area contributed by atoms with Gasteiger partial charge in [0.1, 0.15) is 0 Å². The Hall–Kier alpha value is -1.14. The predicted molar refractivity (Wildman–Crippen MR) is 139 cm³/mol. The van der Waals surface area contributed by atoms with E-state index in [1.165, 1.54) is 22.2 Å². The minimum absolute atomic E-state index is 0.259. The molecule has 0 spiro atoms. The summed E-state index contributed by atoms with van der Waals surface area (Å²) in [6, 6.07) is 9.80. The van der Waals surface area contributed by atoms with Crippen LogP contribution in [0, 0.1) is 17.8 Å². The lowest BCUT2D eigenvalue weighted by Crippen LogP contribution is -2.65. The number of aliphatic hydroxyl groups is 1. The van der Waals surface area contributed by atoms with Crippen molar-refractivity contribution < 1.29 is 9.53 Å². The molecule has 2 N–H and O–H groups in total. The molecule has 6 rings (SSSR count). The van der Waals surface area contributed by atoms with Crippen molar-refractivity contribution in [2.75, 3.05) is 13.2 Å². The number of hydrogen-bond acceptors (Lipinski definition) is 3. The van der Waals surface area contributed by atoms with E-state index in [9.17, 15) is 5.11 Å². The highest BCUT2D eigenvalue weighted by atomic mass is 28.4. The van der Waals surface area contributed by atoms with Crippen LogP contribution in [0.3, 0.4) is 0 Å². The van der Waals surface area contributed by atoms with Crippen LogP contribution in [0.5, 0.6) is 0 Å². The Labute approximate surface area is 201 Å². The SMILES string of the molecule is CC(O)[C@@H]1CN2[C@H]3C[C@@H]1[C@@H](CO[Si](C(C)C)(C(C)C)C(C)C)[C@@H]2Cc1c3[nH]c2ccccc12. The summed E-state index contributed by atoms with van der Waals surface area (Å²) in [5, 5.41) is 12.1. The summed E-state index contributed by atoms with van der Waals surface area (Å²) in [5.41, 5.74) is 6.06. The average Bonchev–Trinajstić information content (AvgIpc) is 3.13. The molecule has 0 aliphatic carbocycles. The molecule has 5 heteroatoms. The largest absolute Gasteiger partial charge is 0.416 e. The smallest absolute Gasteiger partial charge is 0.200 e. The second-order valence-corrected chi connectivity index (χ2v) is 17.6. The van der Waals surface area contributed by atoms with Crippen LogP contribution in [0.15, 0.2) is 24.3 Å². The first-order chi connectivity index (χ1) is 15.7. The van der Waals surface area contributed by atoms with Crippen molar-refractivity contribution in [3.63, 3.8) is 0 Å². The first-order valence-corrected chi connectivity index (χ1v) is 15.5. The van der Waals surface area contributed by atoms with E-state index in [1.54, 1.807) is 0 Å². The van der Waals surface area contributed by atoms with Crippen LogP contribution in [0.1, 0.15) is 72.2 Å². The van der Waals surface area contributed by atoms with Gasteiger partial charge in [-0.15, -0.1) is 0 Å². The average molecular weight is 469 g/mol. The van der Waals surface area contributed by atoms with E-state index in [-0.39, 0.29) is 6.10 Å². The van der Waals surface area contributed by atoms with Crippen molar-refractivity contribution in [3.05, 3.63) is 35.5 Å². The molecule has 0 saturated carbocycles. The monoisotopic (exact) mass is 468 g/mol. The third-order valence-corrected chi connectivity index (χ3v) is 15.9. The lowest BCUT2D eigenvalue weighted by atomic mass is 9.61. The molecule has 4 aliphatic rings. The van der Waals surface area contributed by atoms with Gasteiger partial charge in [-0.3, -0.25) is 4.90 Å². The van der Waals surface area contributed by atoms with Gasteiger partial charge in [0.25, 0.3) is 0 Å². The molecule has 2 unspecified atom stereocenters. The number of benzene rings is 1. The zero-order chi connectivity index (χ0) is 23.7. The van der Waals surface area contributed by atoms with E-state index < -0.39 is 8.32 Å². The van der Waals surface area contributed by atoms with Crippen LogP contribution in [-0.2, 0) is 10.8 Å². The summed E-state index contributed by atoms with van der Waals surface area (Å²) < 4.78 is 7.21. The number of H-pyrrole nitrogens is 1. The molecule has 3 fully saturated rings. The number of piperidine rings is 3. The maximum absolute atomic E-state index is 10.7. The van der Waals surface area contributed by atoms with Crippen LogP contribution < -0.4 is 0 Å². The minimum atomic E-state index is -1.92. The third kappa shape index (κ3) is 3.49. The first-order valence-electron chi connectivity index (χ1n) is 13.3. The molecule has 0 radical (unpaired) electrons. The highest BCUT2D eigenvalue weighted by Gasteiger charge is 2.56. The Balaban J connectivity index is 1.50. The number of hydrogen-bond donors (Lipinski definition) is 2. The molecular formula is C28H44N2O2Si. The zero-order valence-corrected chi connectivity index (χ0v) is 22.6. The third-order valence-electron chi connectivity index (χ3n) is 9.78. The molecule has 182 valence electrons. The van der Waals surface area contributed by atoms with E-state index in [1.807, 2.05) is 6.92 Å². The molecule has 5 heterocycles. The fraction of sp³-hybridized carbons (Fsp3) is 0.714. The van der Waals surface area contributed by atoms with Crippen molar-refractivity contribution in [1.82, 2.24) is 9.88 Å². The molecule has 2 aromatic rings. The summed E-state index contributed by atoms with van der Waals surface area (Å²) in [7, 11) is -1.92. The van der Waals surface area contributed by atoms with Crippen LogP contribution >= 0.6 is 0 Å². The lowest BCUT2D eigenvalue weighted by molar-refractivity contribution is -0.136. The molecule has 3 saturated heterocycles. The fourth-order valence-electron chi connectivity index (χ4n) is 8.44. The minimum Gasteiger partial charge on any atom is -0.416 e. The topological polar surface area (TPSA) is 48.5 Å². The molecule has 4 bridgehead atoms. The van der Waals surface area contributed by atoms with Gasteiger partial charge < -0.3 is 14.5 Å². The summed E-state index contributed by atoms with van der Waals surface area (Å²) in [5.74, 6) is 1.38. The number of nitrogens with zero attached hydrogens (tertiary/aromatic N) is 1. The van der Waals surface area contributed by atoms with Gasteiger partial charge in [0.05, 0.1) is 12.1 Å². The maximum Gasteiger partial charge on any atom is 0.200 e. The zero-order valence-electron chi connectivity index (χ0n) is 21.6. The number of aliphatic hydroxyl groups excluding tert-OH is 1. The molecule has 1 aromatic heterocycles. The second-order valence-electron chi connectivity index (χ2n) is 12.1. The Bertz CT molecular complexity index is 975. The molecule has 7 atom stereocenters. The molecule has 33 heavy (non-hydrogen) atoms. The van der Waals surface area contributed by atoms with E-state index >= 15 is 0 Å². The van der Waals surface area contributed by atoms with Gasteiger partial charge in [-0.2, -0.15) is 0 Å². The predicted octanol–water partition coefficient (Wildman–Crippen LogP) is 6.27. The van der Waals surface area contributed by atoms with Crippen LogP contribution in [0.25, 0.3) is 10.9 Å². The standard InChI is InChI=1S/C28H44N2O2Si/c1-16(2)33(17(3)4,18(5)6)32-15-24-21-12-27-28-22(20-10-8-9-11-25(20)29-28)13-26(24)30(27)14-23(21)19(7)31/h8-11,16-19,21,23-24,26-27,29,31H,12-15H2,1-7H3/t19?,21-,23-,24+,26-,27-/m0/s1. The van der Waals surface area contributed by atoms with E-state index in [0.29, 0.717) is 46.5 Å². The quantitative estimate of drug-likeness (QED) is 0.471. The van der Waals surface area contributed by atoms with Gasteiger partial charge in [-0.05, 0) is 53.9 Å². The Morgan fingerprint density at radius 3 is 2.36 bits per heavy atom. The maximum atomic E-state index is 10.7. The van der Waals surface area contributed by atoms with E-state index in [4.69, 9.17) is 4.43 Å². The van der Waals surface area contributed by atoms with Gasteiger partial charge in [-0.1, -0.05) is 59.7 Å². The van der Waals surface area contributed by atoms with Crippen molar-refractivity contribution in [2.24, 2.45) is 17.8 Å². The molecule has 0 amide bonds. The highest BCUT2D eigenvalue weighted by molar-refractivity contribution is 6.77. The summed E-state index contributed by atoms with van der Waals surface area (Å²) in [4.78, 5) is 6.53. The van der Waals surface area contributed by atoms with Gasteiger partial charge in [-0.25, -0.2) is 0 Å². The molecule has 4 aliphatic heterocycles. The van der Waals surface area contributed by atoms with Crippen molar-refractivity contribution in [2.45, 2.75) is 96.1 Å². The molecule has 4 nitrogen and oxygen atoms in total. The number of aromatic nitrogens is 1. The highest BCUT2D eigenvalue weighted by Crippen LogP contribution is 2.55. The second kappa shape index (κ2) is 8.51. The number of aromatic amines is 1. The number of nitrogens with one attached hydrogen (secondary N) is 1. The summed E-state index contributed by atoms with van der Waals surface area (Å²) >= 11 is 0. The van der Waals surface area contributed by atoms with Gasteiger partial charge >= 0.3 is 0 Å². The normalized spacial score (nSPS) is 32.2. The summed E-state index contributed by atoms with van der Waals surface area (Å²) in [6.45, 7) is 18.2. The Morgan fingerprint density at radius 2 is 1.73 bits per heavy atom. The molecular weight excluding hydrogens is 424 g/mol. The van der Waals surface area contributed by atoms with Crippen LogP contribution in [0.2, 0.25) is 16.6 Å². The van der Waals surface area contributed by atoms with Gasteiger partial charge in [0, 0.05) is 47.6 Å². The van der Waals surface area contributed by atoms with Gasteiger partial charge in [0.15, 0.2) is 8.32 Å². The fourth-order valence-corrected chi connectivity index (χ4v) is 13.9. The lowest BCUT2D eigenvalue weighted by Gasteiger charge is -2.61. The van der Waals surface area contributed by atoms with E-state index in [2.05, 4.69) is 75.7 Å². The van der Waals surface area contributed by atoms with Crippen LogP contribution in [0.4, 0.5) is 0 Å². The molecule has 1 aromatic carbocycles. The van der Waals surface area contributed by atoms with Crippen molar-refractivity contribution >= 4 is 19.2 Å². The summed E-state index contributed by atoms with van der Waals surface area (Å²) in [6.07, 6.45) is 1.98. The van der Waals surface area contributed by atoms with E-state index in [0.717, 1.165) is 26.0 Å². The first kappa shape index (κ1) is 23.6. The Kier molecular flexibility index (Phi) is 6.08. The van der Waals surface area contributed by atoms with Crippen molar-refractivity contribution in [3.8, 4) is 0 Å². The Morgan fingerprint density at radius 1 is 1.06 bits per heavy atom. The number of fused-ring (bicyclic) bond motifs is 4. The number of para-hydroxylation sites is 1. The van der Waals surface area contributed by atoms with Crippen molar-refractivity contribution in [1.29, 1.82) is 0 Å². The van der Waals surface area contributed by atoms with Gasteiger partial charge in [0.2, 0.25) is 0 Å². The number of rotatable bonds is 7.